The maximum absolute atomic E-state index is 13.8. The van der Waals surface area contributed by atoms with Crippen LogP contribution in [-0.2, 0) is 0 Å². The van der Waals surface area contributed by atoms with Crippen LogP contribution >= 0.6 is 0 Å². The fraction of sp³-hybridized carbons (Fsp3) is 0.500. The number of benzene rings is 1. The lowest BCUT2D eigenvalue weighted by Crippen LogP contribution is -2.36. The highest BCUT2D eigenvalue weighted by Gasteiger charge is 2.25. The summed E-state index contributed by atoms with van der Waals surface area (Å²) < 4.78 is 13.8. The molecule has 0 radical (unpaired) electrons. The molecule has 0 bridgehead atoms. The highest BCUT2D eigenvalue weighted by atomic mass is 19.1. The molecule has 2 rings (SSSR count). The molecule has 3 nitrogen and oxygen atoms in total. The van der Waals surface area contributed by atoms with E-state index >= 15 is 0 Å². The molecule has 1 saturated heterocycles. The number of carbonyl (C=O) groups is 1. The molecule has 1 N–H and O–H groups in total. The highest BCUT2D eigenvalue weighted by Crippen LogP contribution is 2.27. The Hall–Kier alpha value is -1.42. The molecule has 1 aromatic rings. The molecule has 1 aromatic carbocycles. The van der Waals surface area contributed by atoms with Crippen LogP contribution in [-0.4, -0.2) is 44.2 Å². The molecular formula is C14H19FN2O. The fourth-order valence-electron chi connectivity index (χ4n) is 2.33. The summed E-state index contributed by atoms with van der Waals surface area (Å²) >= 11 is 0. The lowest BCUT2D eigenvalue weighted by Gasteiger charge is -2.27. The van der Waals surface area contributed by atoms with Crippen molar-refractivity contribution in [3.63, 3.8) is 0 Å². The first-order valence-electron chi connectivity index (χ1n) is 6.26. The average Bonchev–Trinajstić information content (AvgIpc) is 2.38. The second-order valence-electron chi connectivity index (χ2n) is 4.94. The van der Waals surface area contributed by atoms with Crippen LogP contribution in [0.25, 0.3) is 0 Å². The minimum Gasteiger partial charge on any atom is -0.345 e. The van der Waals surface area contributed by atoms with Gasteiger partial charge in [0.1, 0.15) is 6.17 Å². The van der Waals surface area contributed by atoms with Crippen LogP contribution in [0, 0.1) is 0 Å². The summed E-state index contributed by atoms with van der Waals surface area (Å²) in [6, 6.07) is 7.32. The molecule has 1 fully saturated rings. The molecule has 0 saturated carbocycles. The number of carbonyl (C=O) groups excluding carboxylic acids is 1. The van der Waals surface area contributed by atoms with E-state index in [0.717, 1.165) is 18.5 Å². The first kappa shape index (κ1) is 13.0. The lowest BCUT2D eigenvalue weighted by molar-refractivity contribution is 0.0827. The van der Waals surface area contributed by atoms with Crippen LogP contribution in [0.4, 0.5) is 4.39 Å². The first-order chi connectivity index (χ1) is 8.59. The molecule has 4 heteroatoms. The quantitative estimate of drug-likeness (QED) is 0.868. The number of nitrogens with zero attached hydrogens (tertiary/aromatic N) is 1. The number of piperidine rings is 1. The Labute approximate surface area is 107 Å². The van der Waals surface area contributed by atoms with Gasteiger partial charge in [0.25, 0.3) is 5.91 Å². The minimum atomic E-state index is -0.839. The molecular weight excluding hydrogens is 231 g/mol. The summed E-state index contributed by atoms with van der Waals surface area (Å²) in [5.74, 6) is -0.0709. The van der Waals surface area contributed by atoms with E-state index in [1.807, 2.05) is 12.1 Å². The first-order valence-corrected chi connectivity index (χ1v) is 6.26. The second-order valence-corrected chi connectivity index (χ2v) is 4.94. The molecule has 1 heterocycles. The van der Waals surface area contributed by atoms with Crippen molar-refractivity contribution in [1.29, 1.82) is 0 Å². The van der Waals surface area contributed by atoms with E-state index in [4.69, 9.17) is 0 Å². The van der Waals surface area contributed by atoms with E-state index < -0.39 is 6.17 Å². The average molecular weight is 250 g/mol. The van der Waals surface area contributed by atoms with Crippen LogP contribution < -0.4 is 5.32 Å². The van der Waals surface area contributed by atoms with Crippen molar-refractivity contribution >= 4 is 5.91 Å². The number of halogens is 1. The van der Waals surface area contributed by atoms with Gasteiger partial charge in [-0.05, 0) is 30.7 Å². The summed E-state index contributed by atoms with van der Waals surface area (Å²) in [6.07, 6.45) is -0.0311. The molecule has 1 aliphatic rings. The van der Waals surface area contributed by atoms with Crippen molar-refractivity contribution in [2.45, 2.75) is 18.5 Å². The zero-order chi connectivity index (χ0) is 13.1. The van der Waals surface area contributed by atoms with Gasteiger partial charge < -0.3 is 10.2 Å². The van der Waals surface area contributed by atoms with Gasteiger partial charge in [-0.2, -0.15) is 0 Å². The standard InChI is InChI=1S/C14H19FN2O/c1-17(2)14(18)11-5-3-10(4-6-11)12-7-8-16-9-13(12)15/h3-6,12-13,16H,7-9H2,1-2H3. The molecule has 0 aromatic heterocycles. The van der Waals surface area contributed by atoms with Crippen molar-refractivity contribution < 1.29 is 9.18 Å². The molecule has 2 unspecified atom stereocenters. The van der Waals surface area contributed by atoms with Gasteiger partial charge in [0, 0.05) is 32.1 Å². The van der Waals surface area contributed by atoms with Gasteiger partial charge in [-0.15, -0.1) is 0 Å². The van der Waals surface area contributed by atoms with Gasteiger partial charge in [-0.25, -0.2) is 4.39 Å². The Morgan fingerprint density at radius 3 is 2.56 bits per heavy atom. The van der Waals surface area contributed by atoms with Crippen molar-refractivity contribution in [3.05, 3.63) is 35.4 Å². The van der Waals surface area contributed by atoms with E-state index in [1.165, 1.54) is 4.90 Å². The number of amides is 1. The normalized spacial score (nSPS) is 23.7. The van der Waals surface area contributed by atoms with Crippen LogP contribution in [0.5, 0.6) is 0 Å². The van der Waals surface area contributed by atoms with E-state index in [1.54, 1.807) is 26.2 Å². The van der Waals surface area contributed by atoms with E-state index in [9.17, 15) is 9.18 Å². The number of hydrogen-bond donors (Lipinski definition) is 1. The molecule has 0 spiro atoms. The van der Waals surface area contributed by atoms with Gasteiger partial charge in [-0.3, -0.25) is 4.79 Å². The minimum absolute atomic E-state index is 0.0244. The zero-order valence-corrected chi connectivity index (χ0v) is 10.8. The lowest BCUT2D eigenvalue weighted by atomic mass is 9.88. The van der Waals surface area contributed by atoms with Gasteiger partial charge in [0.05, 0.1) is 0 Å². The van der Waals surface area contributed by atoms with Gasteiger partial charge in [-0.1, -0.05) is 12.1 Å². The molecule has 1 amide bonds. The third-order valence-electron chi connectivity index (χ3n) is 3.40. The number of alkyl halides is 1. The molecule has 18 heavy (non-hydrogen) atoms. The van der Waals surface area contributed by atoms with Crippen molar-refractivity contribution in [1.82, 2.24) is 10.2 Å². The predicted octanol–water partition coefficient (Wildman–Crippen LogP) is 1.80. The SMILES string of the molecule is CN(C)C(=O)c1ccc(C2CCNCC2F)cc1. The number of nitrogens with one attached hydrogen (secondary N) is 1. The number of hydrogen-bond acceptors (Lipinski definition) is 2. The molecule has 2 atom stereocenters. The van der Waals surface area contributed by atoms with Crippen LogP contribution in [0.3, 0.4) is 0 Å². The van der Waals surface area contributed by atoms with E-state index in [2.05, 4.69) is 5.32 Å². The maximum Gasteiger partial charge on any atom is 0.253 e. The summed E-state index contributed by atoms with van der Waals surface area (Å²) in [4.78, 5) is 13.3. The zero-order valence-electron chi connectivity index (χ0n) is 10.8. The van der Waals surface area contributed by atoms with Crippen LogP contribution in [0.1, 0.15) is 28.3 Å². The molecule has 98 valence electrons. The Balaban J connectivity index is 2.14. The maximum atomic E-state index is 13.8. The van der Waals surface area contributed by atoms with Crippen LogP contribution in [0.15, 0.2) is 24.3 Å². The predicted molar refractivity (Wildman–Crippen MR) is 69.6 cm³/mol. The summed E-state index contributed by atoms with van der Waals surface area (Å²) in [5, 5.41) is 3.04. The van der Waals surface area contributed by atoms with Crippen LogP contribution in [0.2, 0.25) is 0 Å². The van der Waals surface area contributed by atoms with Gasteiger partial charge in [0.2, 0.25) is 0 Å². The highest BCUT2D eigenvalue weighted by molar-refractivity contribution is 5.93. The Morgan fingerprint density at radius 1 is 1.33 bits per heavy atom. The fourth-order valence-corrected chi connectivity index (χ4v) is 2.33. The third-order valence-corrected chi connectivity index (χ3v) is 3.40. The molecule has 1 aliphatic heterocycles. The molecule has 0 aliphatic carbocycles. The topological polar surface area (TPSA) is 32.3 Å². The van der Waals surface area contributed by atoms with Gasteiger partial charge >= 0.3 is 0 Å². The Morgan fingerprint density at radius 2 is 2.00 bits per heavy atom. The van der Waals surface area contributed by atoms with Crippen molar-refractivity contribution in [3.8, 4) is 0 Å². The Bertz CT molecular complexity index is 416. The van der Waals surface area contributed by atoms with E-state index in [0.29, 0.717) is 12.1 Å². The smallest absolute Gasteiger partial charge is 0.253 e. The summed E-state index contributed by atoms with van der Waals surface area (Å²) in [7, 11) is 3.45. The van der Waals surface area contributed by atoms with E-state index in [-0.39, 0.29) is 11.8 Å². The third kappa shape index (κ3) is 2.70. The monoisotopic (exact) mass is 250 g/mol. The second kappa shape index (κ2) is 5.48. The number of rotatable bonds is 2. The van der Waals surface area contributed by atoms with Crippen molar-refractivity contribution in [2.24, 2.45) is 0 Å². The Kier molecular flexibility index (Phi) is 3.97. The van der Waals surface area contributed by atoms with Crippen molar-refractivity contribution in [2.75, 3.05) is 27.2 Å². The summed E-state index contributed by atoms with van der Waals surface area (Å²) in [5.41, 5.74) is 1.63. The largest absolute Gasteiger partial charge is 0.345 e. The van der Waals surface area contributed by atoms with Gasteiger partial charge in [0.15, 0.2) is 0 Å². The summed E-state index contributed by atoms with van der Waals surface area (Å²) in [6.45, 7) is 1.27.